The highest BCUT2D eigenvalue weighted by Gasteiger charge is 2.04. The predicted molar refractivity (Wildman–Crippen MR) is 101 cm³/mol. The smallest absolute Gasteiger partial charge is 0.248 e. The van der Waals surface area contributed by atoms with E-state index in [2.05, 4.69) is 27.9 Å². The van der Waals surface area contributed by atoms with E-state index >= 15 is 0 Å². The van der Waals surface area contributed by atoms with Gasteiger partial charge in [0.2, 0.25) is 5.91 Å². The van der Waals surface area contributed by atoms with Crippen LogP contribution in [-0.4, -0.2) is 20.1 Å². The molecule has 0 unspecified atom stereocenters. The first-order valence-electron chi connectivity index (χ1n) is 7.00. The van der Waals surface area contributed by atoms with Crippen LogP contribution in [-0.2, 0) is 4.79 Å². The summed E-state index contributed by atoms with van der Waals surface area (Å²) in [5.41, 5.74) is 2.70. The minimum atomic E-state index is -0.177. The van der Waals surface area contributed by atoms with E-state index in [-0.39, 0.29) is 5.91 Å². The molecule has 1 N–H and O–H groups in total. The largest absolute Gasteiger partial charge is 0.493 e. The Labute approximate surface area is 149 Å². The Morgan fingerprint density at radius 1 is 1.09 bits per heavy atom. The molecule has 23 heavy (non-hydrogen) atoms. The topological polar surface area (TPSA) is 47.6 Å². The van der Waals surface area contributed by atoms with Crippen molar-refractivity contribution in [1.29, 1.82) is 0 Å². The molecule has 4 nitrogen and oxygen atoms in total. The van der Waals surface area contributed by atoms with Crippen LogP contribution in [0.3, 0.4) is 0 Å². The van der Waals surface area contributed by atoms with Crippen LogP contribution in [0.2, 0.25) is 0 Å². The van der Waals surface area contributed by atoms with Crippen molar-refractivity contribution in [3.8, 4) is 11.5 Å². The van der Waals surface area contributed by atoms with Gasteiger partial charge in [-0.25, -0.2) is 0 Å². The number of amides is 1. The SMILES string of the molecule is COc1ccc(/C=C/C(=O)Nc2ccc(I)cc2C)cc1OC. The van der Waals surface area contributed by atoms with Crippen LogP contribution in [0, 0.1) is 10.5 Å². The van der Waals surface area contributed by atoms with Crippen LogP contribution < -0.4 is 14.8 Å². The summed E-state index contributed by atoms with van der Waals surface area (Å²) in [4.78, 5) is 12.0. The number of ether oxygens (including phenoxy) is 2. The van der Waals surface area contributed by atoms with E-state index in [4.69, 9.17) is 9.47 Å². The minimum Gasteiger partial charge on any atom is -0.493 e. The standard InChI is InChI=1S/C18H18INO3/c1-12-10-14(19)6-7-15(12)20-18(21)9-5-13-4-8-16(22-2)17(11-13)23-3/h4-11H,1-3H3,(H,20,21)/b9-5+. The maximum atomic E-state index is 12.0. The summed E-state index contributed by atoms with van der Waals surface area (Å²) >= 11 is 2.24. The molecule has 2 rings (SSSR count). The van der Waals surface area contributed by atoms with E-state index in [9.17, 15) is 4.79 Å². The number of carbonyl (C=O) groups is 1. The fourth-order valence-electron chi connectivity index (χ4n) is 2.07. The lowest BCUT2D eigenvalue weighted by atomic mass is 10.1. The normalized spacial score (nSPS) is 10.6. The minimum absolute atomic E-state index is 0.177. The first-order valence-corrected chi connectivity index (χ1v) is 8.08. The molecule has 0 aliphatic carbocycles. The van der Waals surface area contributed by atoms with Crippen molar-refractivity contribution in [1.82, 2.24) is 0 Å². The van der Waals surface area contributed by atoms with Gasteiger partial charge in [0.1, 0.15) is 0 Å². The number of methoxy groups -OCH3 is 2. The molecule has 0 aliphatic heterocycles. The van der Waals surface area contributed by atoms with Crippen LogP contribution in [0.15, 0.2) is 42.5 Å². The fourth-order valence-corrected chi connectivity index (χ4v) is 2.72. The molecule has 0 aromatic heterocycles. The van der Waals surface area contributed by atoms with Gasteiger partial charge in [-0.1, -0.05) is 6.07 Å². The molecule has 0 heterocycles. The van der Waals surface area contributed by atoms with Gasteiger partial charge in [0, 0.05) is 15.3 Å². The highest BCUT2D eigenvalue weighted by molar-refractivity contribution is 14.1. The zero-order valence-electron chi connectivity index (χ0n) is 13.2. The number of nitrogens with one attached hydrogen (secondary N) is 1. The average molecular weight is 423 g/mol. The number of aryl methyl sites for hydroxylation is 1. The zero-order chi connectivity index (χ0) is 16.8. The molecular weight excluding hydrogens is 405 g/mol. The third-order valence-corrected chi connectivity index (χ3v) is 3.95. The summed E-state index contributed by atoms with van der Waals surface area (Å²) in [6, 6.07) is 11.4. The summed E-state index contributed by atoms with van der Waals surface area (Å²) < 4.78 is 11.6. The Morgan fingerprint density at radius 3 is 2.48 bits per heavy atom. The molecule has 0 saturated heterocycles. The van der Waals surface area contributed by atoms with Crippen molar-refractivity contribution >= 4 is 40.3 Å². The van der Waals surface area contributed by atoms with Crippen LogP contribution in [0.25, 0.3) is 6.08 Å². The monoisotopic (exact) mass is 423 g/mol. The van der Waals surface area contributed by atoms with Gasteiger partial charge in [0.25, 0.3) is 0 Å². The second kappa shape index (κ2) is 8.01. The third kappa shape index (κ3) is 4.72. The predicted octanol–water partition coefficient (Wildman–Crippen LogP) is 4.27. The molecule has 0 atom stereocenters. The van der Waals surface area contributed by atoms with E-state index in [0.717, 1.165) is 20.4 Å². The molecule has 0 bridgehead atoms. The summed E-state index contributed by atoms with van der Waals surface area (Å²) in [6.45, 7) is 1.97. The number of rotatable bonds is 5. The number of hydrogen-bond donors (Lipinski definition) is 1. The van der Waals surface area contributed by atoms with Crippen LogP contribution in [0.1, 0.15) is 11.1 Å². The van der Waals surface area contributed by atoms with E-state index in [1.807, 2.05) is 37.3 Å². The number of hydrogen-bond acceptors (Lipinski definition) is 3. The molecule has 1 amide bonds. The number of halogens is 1. The summed E-state index contributed by atoms with van der Waals surface area (Å²) in [5.74, 6) is 1.11. The van der Waals surface area contributed by atoms with E-state index in [1.165, 1.54) is 6.08 Å². The van der Waals surface area contributed by atoms with Gasteiger partial charge in [-0.05, 0) is 77.0 Å². The molecule has 0 fully saturated rings. The highest BCUT2D eigenvalue weighted by atomic mass is 127. The zero-order valence-corrected chi connectivity index (χ0v) is 15.4. The van der Waals surface area contributed by atoms with Gasteiger partial charge in [-0.15, -0.1) is 0 Å². The Bertz CT molecular complexity index is 741. The molecular formula is C18H18INO3. The molecule has 120 valence electrons. The highest BCUT2D eigenvalue weighted by Crippen LogP contribution is 2.28. The average Bonchev–Trinajstić information content (AvgIpc) is 2.55. The van der Waals surface area contributed by atoms with E-state index in [1.54, 1.807) is 26.4 Å². The first-order chi connectivity index (χ1) is 11.0. The molecule has 0 saturated carbocycles. The van der Waals surface area contributed by atoms with Crippen molar-refractivity contribution < 1.29 is 14.3 Å². The van der Waals surface area contributed by atoms with Crippen LogP contribution >= 0.6 is 22.6 Å². The van der Waals surface area contributed by atoms with Gasteiger partial charge in [0.15, 0.2) is 11.5 Å². The second-order valence-corrected chi connectivity index (χ2v) is 6.14. The molecule has 2 aromatic rings. The number of carbonyl (C=O) groups excluding carboxylic acids is 1. The van der Waals surface area contributed by atoms with Crippen LogP contribution in [0.4, 0.5) is 5.69 Å². The third-order valence-electron chi connectivity index (χ3n) is 3.28. The Kier molecular flexibility index (Phi) is 6.04. The second-order valence-electron chi connectivity index (χ2n) is 4.90. The molecule has 0 aliphatic rings. The Balaban J connectivity index is 2.09. The molecule has 2 aromatic carbocycles. The van der Waals surface area contributed by atoms with Crippen molar-refractivity contribution in [3.05, 3.63) is 57.2 Å². The van der Waals surface area contributed by atoms with Gasteiger partial charge in [-0.3, -0.25) is 4.79 Å². The summed E-state index contributed by atoms with van der Waals surface area (Å²) in [5, 5.41) is 2.87. The maximum absolute atomic E-state index is 12.0. The fraction of sp³-hybridized carbons (Fsp3) is 0.167. The molecule has 0 spiro atoms. The number of benzene rings is 2. The van der Waals surface area contributed by atoms with Crippen molar-refractivity contribution in [2.24, 2.45) is 0 Å². The molecule has 5 heteroatoms. The number of anilines is 1. The lowest BCUT2D eigenvalue weighted by Crippen LogP contribution is -2.08. The maximum Gasteiger partial charge on any atom is 0.248 e. The van der Waals surface area contributed by atoms with Gasteiger partial charge in [-0.2, -0.15) is 0 Å². The quantitative estimate of drug-likeness (QED) is 0.578. The Hall–Kier alpha value is -2.02. The molecule has 0 radical (unpaired) electrons. The lowest BCUT2D eigenvalue weighted by molar-refractivity contribution is -0.111. The Morgan fingerprint density at radius 2 is 1.83 bits per heavy atom. The van der Waals surface area contributed by atoms with Crippen molar-refractivity contribution in [2.45, 2.75) is 6.92 Å². The summed E-state index contributed by atoms with van der Waals surface area (Å²) in [7, 11) is 3.17. The van der Waals surface area contributed by atoms with E-state index < -0.39 is 0 Å². The lowest BCUT2D eigenvalue weighted by Gasteiger charge is -2.08. The van der Waals surface area contributed by atoms with E-state index in [0.29, 0.717) is 11.5 Å². The van der Waals surface area contributed by atoms with Gasteiger partial charge >= 0.3 is 0 Å². The first kappa shape index (κ1) is 17.3. The van der Waals surface area contributed by atoms with Crippen molar-refractivity contribution in [3.63, 3.8) is 0 Å². The summed E-state index contributed by atoms with van der Waals surface area (Å²) in [6.07, 6.45) is 3.23. The van der Waals surface area contributed by atoms with Crippen molar-refractivity contribution in [2.75, 3.05) is 19.5 Å². The van der Waals surface area contributed by atoms with Crippen LogP contribution in [0.5, 0.6) is 11.5 Å². The van der Waals surface area contributed by atoms with Gasteiger partial charge < -0.3 is 14.8 Å². The van der Waals surface area contributed by atoms with Gasteiger partial charge in [0.05, 0.1) is 14.2 Å².